The molecular weight excluding hydrogens is 646 g/mol. The van der Waals surface area contributed by atoms with Crippen LogP contribution in [0.4, 0.5) is 13.2 Å². The molecule has 1 aliphatic heterocycles. The number of aromatic nitrogens is 1. The van der Waals surface area contributed by atoms with Gasteiger partial charge in [0.05, 0.1) is 17.8 Å². The number of hydrogen-bond acceptors (Lipinski definition) is 4. The Morgan fingerprint density at radius 2 is 1.70 bits per heavy atom. The highest BCUT2D eigenvalue weighted by atomic mass is 127. The molecule has 1 aromatic heterocycles. The van der Waals surface area contributed by atoms with Crippen LogP contribution in [0.5, 0.6) is 0 Å². The van der Waals surface area contributed by atoms with Crippen molar-refractivity contribution in [3.8, 4) is 0 Å². The van der Waals surface area contributed by atoms with Crippen molar-refractivity contribution in [3.05, 3.63) is 62.0 Å². The molecule has 4 nitrogen and oxygen atoms in total. The first-order chi connectivity index (χ1) is 18.6. The van der Waals surface area contributed by atoms with Crippen molar-refractivity contribution in [1.29, 1.82) is 0 Å². The molecule has 2 atom stereocenters. The highest BCUT2D eigenvalue weighted by molar-refractivity contribution is 14.1. The second kappa shape index (κ2) is 10.9. The smallest absolute Gasteiger partial charge is 0.410 e. The number of pyridine rings is 1. The molecule has 2 aromatic rings. The summed E-state index contributed by atoms with van der Waals surface area (Å²) in [6.45, 7) is 12.9. The molecule has 1 aromatic carbocycles. The fourth-order valence-corrected chi connectivity index (χ4v) is 8.80. The number of ether oxygens (including phenoxy) is 1. The van der Waals surface area contributed by atoms with Gasteiger partial charge in [-0.3, -0.25) is 4.98 Å². The van der Waals surface area contributed by atoms with Gasteiger partial charge in [-0.2, -0.15) is 13.2 Å². The molecule has 1 N–H and O–H groups in total. The van der Waals surface area contributed by atoms with Crippen LogP contribution in [0, 0.1) is 14.9 Å². The maximum Gasteiger partial charge on any atom is 0.416 e. The summed E-state index contributed by atoms with van der Waals surface area (Å²) >= 11 is 2.47. The molecule has 0 radical (unpaired) electrons. The maximum absolute atomic E-state index is 13.0. The van der Waals surface area contributed by atoms with E-state index in [4.69, 9.17) is 14.1 Å². The van der Waals surface area contributed by atoms with Crippen LogP contribution in [0.25, 0.3) is 0 Å². The number of benzene rings is 1. The summed E-state index contributed by atoms with van der Waals surface area (Å²) < 4.78 is 53.0. The van der Waals surface area contributed by atoms with Crippen molar-refractivity contribution in [1.82, 2.24) is 4.98 Å². The minimum absolute atomic E-state index is 0.00422. The van der Waals surface area contributed by atoms with Gasteiger partial charge in [-0.05, 0) is 114 Å². The van der Waals surface area contributed by atoms with E-state index < -0.39 is 26.2 Å². The van der Waals surface area contributed by atoms with Gasteiger partial charge in [0.2, 0.25) is 0 Å². The lowest BCUT2D eigenvalue weighted by Crippen LogP contribution is -2.49. The minimum Gasteiger partial charge on any atom is -0.410 e. The van der Waals surface area contributed by atoms with E-state index in [9.17, 15) is 18.3 Å². The van der Waals surface area contributed by atoms with Gasteiger partial charge in [-0.25, -0.2) is 0 Å². The largest absolute Gasteiger partial charge is 0.416 e. The van der Waals surface area contributed by atoms with Gasteiger partial charge in [0, 0.05) is 39.7 Å². The summed E-state index contributed by atoms with van der Waals surface area (Å²) in [7, 11) is -2.08. The Labute approximate surface area is 250 Å². The number of aliphatic hydroxyl groups is 1. The van der Waals surface area contributed by atoms with Crippen molar-refractivity contribution < 1.29 is 27.4 Å². The number of nitrogens with zero attached hydrogens (tertiary/aromatic N) is 1. The van der Waals surface area contributed by atoms with E-state index in [1.54, 1.807) is 0 Å². The van der Waals surface area contributed by atoms with Gasteiger partial charge >= 0.3 is 6.18 Å². The van der Waals surface area contributed by atoms with Crippen molar-refractivity contribution in [2.24, 2.45) is 11.3 Å². The predicted octanol–water partition coefficient (Wildman–Crippen LogP) is 8.74. The van der Waals surface area contributed by atoms with E-state index >= 15 is 0 Å². The molecular formula is C31H41F3INO3Si. The molecule has 220 valence electrons. The summed E-state index contributed by atoms with van der Waals surface area (Å²) in [5, 5.41) is 11.2. The summed E-state index contributed by atoms with van der Waals surface area (Å²) in [6, 6.07) is 7.23. The molecule has 0 amide bonds. The van der Waals surface area contributed by atoms with Crippen molar-refractivity contribution in [3.63, 3.8) is 0 Å². The van der Waals surface area contributed by atoms with Gasteiger partial charge in [-0.15, -0.1) is 0 Å². The third kappa shape index (κ3) is 6.05. The van der Waals surface area contributed by atoms with E-state index in [1.807, 2.05) is 0 Å². The average molecular weight is 688 g/mol. The molecule has 2 heterocycles. The predicted molar refractivity (Wildman–Crippen MR) is 161 cm³/mol. The van der Waals surface area contributed by atoms with Crippen LogP contribution in [0.2, 0.25) is 18.1 Å². The third-order valence-electron chi connectivity index (χ3n) is 9.89. The first-order valence-corrected chi connectivity index (χ1v) is 18.4. The van der Waals surface area contributed by atoms with Crippen molar-refractivity contribution in [2.75, 3.05) is 13.2 Å². The monoisotopic (exact) mass is 687 g/mol. The van der Waals surface area contributed by atoms with Crippen LogP contribution in [0.3, 0.4) is 0 Å². The molecule has 2 fully saturated rings. The van der Waals surface area contributed by atoms with Crippen LogP contribution < -0.4 is 0 Å². The van der Waals surface area contributed by atoms with Crippen LogP contribution in [0.1, 0.15) is 99.1 Å². The summed E-state index contributed by atoms with van der Waals surface area (Å²) in [5.41, 5.74) is 3.35. The van der Waals surface area contributed by atoms with Crippen molar-refractivity contribution >= 4 is 30.9 Å². The van der Waals surface area contributed by atoms with Crippen LogP contribution in [-0.4, -0.2) is 31.6 Å². The minimum atomic E-state index is -4.38. The Morgan fingerprint density at radius 3 is 2.27 bits per heavy atom. The van der Waals surface area contributed by atoms with Gasteiger partial charge in [-0.1, -0.05) is 32.9 Å². The zero-order valence-electron chi connectivity index (χ0n) is 24.1. The van der Waals surface area contributed by atoms with Crippen molar-refractivity contribution in [2.45, 2.75) is 102 Å². The summed E-state index contributed by atoms with van der Waals surface area (Å²) in [6.07, 6.45) is 0.119. The van der Waals surface area contributed by atoms with Gasteiger partial charge in [0.25, 0.3) is 0 Å². The molecule has 1 unspecified atom stereocenters. The maximum atomic E-state index is 13.0. The van der Waals surface area contributed by atoms with Gasteiger partial charge < -0.3 is 14.3 Å². The summed E-state index contributed by atoms with van der Waals surface area (Å²) in [4.78, 5) is 5.28. The third-order valence-corrected chi connectivity index (χ3v) is 15.3. The van der Waals surface area contributed by atoms with E-state index in [0.29, 0.717) is 11.5 Å². The molecule has 5 rings (SSSR count). The first kappa shape index (κ1) is 30.4. The van der Waals surface area contributed by atoms with E-state index in [0.717, 1.165) is 75.3 Å². The van der Waals surface area contributed by atoms with Gasteiger partial charge in [0.1, 0.15) is 0 Å². The molecule has 0 bridgehead atoms. The van der Waals surface area contributed by atoms with E-state index in [2.05, 4.69) is 62.5 Å². The van der Waals surface area contributed by atoms with Crippen LogP contribution >= 0.6 is 22.6 Å². The normalized spacial score (nSPS) is 26.9. The molecule has 3 aliphatic rings. The van der Waals surface area contributed by atoms with E-state index in [1.165, 1.54) is 21.3 Å². The quantitative estimate of drug-likeness (QED) is 0.253. The average Bonchev–Trinajstić information content (AvgIpc) is 2.85. The Balaban J connectivity index is 1.41. The topological polar surface area (TPSA) is 51.6 Å². The molecule has 40 heavy (non-hydrogen) atoms. The lowest BCUT2D eigenvalue weighted by atomic mass is 9.53. The highest BCUT2D eigenvalue weighted by Gasteiger charge is 2.53. The first-order valence-electron chi connectivity index (χ1n) is 14.4. The number of halogens is 4. The number of fused-ring (bicyclic) bond motifs is 1. The molecule has 1 spiro atoms. The van der Waals surface area contributed by atoms with Crippen LogP contribution in [-0.2, 0) is 21.8 Å². The second-order valence-corrected chi connectivity index (χ2v) is 19.7. The summed E-state index contributed by atoms with van der Waals surface area (Å²) in [5.74, 6) is 0.408. The SMILES string of the molecule is CC(C)(C)[Si](C)(C)O[C@H]1CC2(Cc3nc(C4CCOCC4)cc(I)c31)CC(C(O)c1ccc(C(F)(F)F)cc1)C2. The zero-order valence-corrected chi connectivity index (χ0v) is 27.2. The fourth-order valence-electron chi connectivity index (χ4n) is 6.55. The molecule has 9 heteroatoms. The van der Waals surface area contributed by atoms with Crippen LogP contribution in [0.15, 0.2) is 30.3 Å². The number of alkyl halides is 3. The Hall–Kier alpha value is -1.01. The standard InChI is InChI=1S/C31H41F3INO3Si/c1-29(2,3)40(4,5)39-26-18-30(15-21(16-30)28(37)20-6-8-22(9-7-20)31(32,33)34)17-25-27(26)23(35)14-24(36-25)19-10-12-38-13-11-19/h6-9,14,19,21,26,28,37H,10-13,15-18H2,1-5H3/t21?,26-,28?,30?/m0/s1. The number of rotatable bonds is 5. The number of hydrogen-bond donors (Lipinski definition) is 1. The lowest BCUT2D eigenvalue weighted by Gasteiger charge is -2.54. The lowest BCUT2D eigenvalue weighted by molar-refractivity contribution is -0.137. The Kier molecular flexibility index (Phi) is 8.31. The highest BCUT2D eigenvalue weighted by Crippen LogP contribution is 2.60. The Morgan fingerprint density at radius 1 is 1.07 bits per heavy atom. The molecule has 1 saturated heterocycles. The molecule has 2 aliphatic carbocycles. The second-order valence-electron chi connectivity index (χ2n) is 13.8. The zero-order chi connectivity index (χ0) is 29.1. The fraction of sp³-hybridized carbons (Fsp3) is 0.645. The molecule has 1 saturated carbocycles. The Bertz CT molecular complexity index is 1220. The number of aliphatic hydroxyl groups excluding tert-OH is 1. The van der Waals surface area contributed by atoms with E-state index in [-0.39, 0.29) is 22.5 Å². The van der Waals surface area contributed by atoms with Gasteiger partial charge in [0.15, 0.2) is 8.32 Å².